The number of aliphatic hydroxyl groups excluding tert-OH is 1. The van der Waals surface area contributed by atoms with Gasteiger partial charge in [-0.05, 0) is 40.9 Å². The first-order valence-corrected chi connectivity index (χ1v) is 8.04. The van der Waals surface area contributed by atoms with Crippen LogP contribution in [0.3, 0.4) is 0 Å². The lowest BCUT2D eigenvalue weighted by Crippen LogP contribution is -2.00. The first-order valence-electron chi connectivity index (χ1n) is 7.16. The summed E-state index contributed by atoms with van der Waals surface area (Å²) in [6.07, 6.45) is 0.355. The quantitative estimate of drug-likeness (QED) is 0.735. The predicted molar refractivity (Wildman–Crippen MR) is 88.1 cm³/mol. The van der Waals surface area contributed by atoms with E-state index in [1.165, 1.54) is 4.70 Å². The van der Waals surface area contributed by atoms with Crippen LogP contribution in [-0.4, -0.2) is 11.7 Å². The number of aliphatic hydroxyl groups is 1. The first kappa shape index (κ1) is 14.1. The van der Waals surface area contributed by atoms with E-state index in [4.69, 9.17) is 4.74 Å². The second-order valence-electron chi connectivity index (χ2n) is 5.01. The van der Waals surface area contributed by atoms with Gasteiger partial charge in [-0.2, -0.15) is 0 Å². The van der Waals surface area contributed by atoms with Crippen LogP contribution in [0.5, 0.6) is 5.75 Å². The summed E-state index contributed by atoms with van der Waals surface area (Å²) in [5, 5.41) is 13.8. The standard InChI is InChI=1S/C18H18O2S/c1-2-10-20-14-7-5-6-13(11-14)18(19)16-12-21-17-9-4-3-8-15(16)17/h3-9,11-12,18-19H,2,10H2,1H3. The highest BCUT2D eigenvalue weighted by atomic mass is 32.1. The Kier molecular flexibility index (Phi) is 4.23. The van der Waals surface area contributed by atoms with E-state index in [1.54, 1.807) is 11.3 Å². The molecule has 0 saturated carbocycles. The monoisotopic (exact) mass is 298 g/mol. The van der Waals surface area contributed by atoms with Crippen molar-refractivity contribution in [2.45, 2.75) is 19.4 Å². The molecule has 1 aromatic heterocycles. The number of hydrogen-bond donors (Lipinski definition) is 1. The molecule has 2 nitrogen and oxygen atoms in total. The van der Waals surface area contributed by atoms with E-state index >= 15 is 0 Å². The van der Waals surface area contributed by atoms with Crippen LogP contribution < -0.4 is 4.74 Å². The summed E-state index contributed by atoms with van der Waals surface area (Å²) < 4.78 is 6.84. The fourth-order valence-corrected chi connectivity index (χ4v) is 3.36. The van der Waals surface area contributed by atoms with Crippen LogP contribution in [0.4, 0.5) is 0 Å². The number of thiophene rings is 1. The summed E-state index contributed by atoms with van der Waals surface area (Å²) in [5.41, 5.74) is 1.83. The third-order valence-electron chi connectivity index (χ3n) is 3.45. The molecule has 0 saturated heterocycles. The summed E-state index contributed by atoms with van der Waals surface area (Å²) in [4.78, 5) is 0. The van der Waals surface area contributed by atoms with Gasteiger partial charge >= 0.3 is 0 Å². The van der Waals surface area contributed by atoms with Crippen LogP contribution >= 0.6 is 11.3 Å². The number of fused-ring (bicyclic) bond motifs is 1. The molecule has 1 heterocycles. The van der Waals surface area contributed by atoms with Crippen molar-refractivity contribution >= 4 is 21.4 Å². The smallest absolute Gasteiger partial charge is 0.119 e. The number of benzene rings is 2. The number of hydrogen-bond acceptors (Lipinski definition) is 3. The number of ether oxygens (including phenoxy) is 1. The Bertz CT molecular complexity index is 733. The molecule has 0 spiro atoms. The largest absolute Gasteiger partial charge is 0.494 e. The first-order chi connectivity index (χ1) is 10.3. The lowest BCUT2D eigenvalue weighted by atomic mass is 10.0. The highest BCUT2D eigenvalue weighted by molar-refractivity contribution is 7.17. The van der Waals surface area contributed by atoms with Crippen LogP contribution in [0.15, 0.2) is 53.9 Å². The van der Waals surface area contributed by atoms with Crippen LogP contribution in [0.2, 0.25) is 0 Å². The van der Waals surface area contributed by atoms with Gasteiger partial charge in [0.05, 0.1) is 6.61 Å². The molecule has 21 heavy (non-hydrogen) atoms. The number of rotatable bonds is 5. The Balaban J connectivity index is 1.92. The second kappa shape index (κ2) is 6.29. The average molecular weight is 298 g/mol. The molecule has 2 aromatic carbocycles. The molecular weight excluding hydrogens is 280 g/mol. The van der Waals surface area contributed by atoms with Crippen molar-refractivity contribution in [3.63, 3.8) is 0 Å². The lowest BCUT2D eigenvalue weighted by molar-refractivity contribution is 0.221. The molecule has 0 bridgehead atoms. The highest BCUT2D eigenvalue weighted by Crippen LogP contribution is 2.34. The fraction of sp³-hybridized carbons (Fsp3) is 0.222. The summed E-state index contributed by atoms with van der Waals surface area (Å²) in [6.45, 7) is 2.77. The highest BCUT2D eigenvalue weighted by Gasteiger charge is 2.15. The molecule has 0 aliphatic carbocycles. The maximum absolute atomic E-state index is 10.7. The van der Waals surface area contributed by atoms with Crippen molar-refractivity contribution in [1.29, 1.82) is 0 Å². The molecule has 1 atom stereocenters. The molecule has 0 radical (unpaired) electrons. The Morgan fingerprint density at radius 3 is 2.86 bits per heavy atom. The van der Waals surface area contributed by atoms with Gasteiger partial charge in [0.2, 0.25) is 0 Å². The molecule has 0 amide bonds. The molecule has 1 unspecified atom stereocenters. The van der Waals surface area contributed by atoms with Gasteiger partial charge < -0.3 is 9.84 Å². The fourth-order valence-electron chi connectivity index (χ4n) is 2.38. The molecule has 3 heteroatoms. The van der Waals surface area contributed by atoms with Gasteiger partial charge in [-0.3, -0.25) is 0 Å². The van der Waals surface area contributed by atoms with Crippen molar-refractivity contribution in [2.24, 2.45) is 0 Å². The molecule has 1 N–H and O–H groups in total. The van der Waals surface area contributed by atoms with E-state index in [2.05, 4.69) is 19.1 Å². The van der Waals surface area contributed by atoms with E-state index in [9.17, 15) is 5.11 Å². The van der Waals surface area contributed by atoms with Gasteiger partial charge in [-0.1, -0.05) is 37.3 Å². The maximum Gasteiger partial charge on any atom is 0.119 e. The van der Waals surface area contributed by atoms with Crippen LogP contribution in [0, 0.1) is 0 Å². The van der Waals surface area contributed by atoms with Crippen molar-refractivity contribution < 1.29 is 9.84 Å². The van der Waals surface area contributed by atoms with Crippen molar-refractivity contribution in [3.8, 4) is 5.75 Å². The molecule has 0 aliphatic heterocycles. The normalized spacial score (nSPS) is 12.5. The minimum Gasteiger partial charge on any atom is -0.494 e. The van der Waals surface area contributed by atoms with E-state index < -0.39 is 6.10 Å². The maximum atomic E-state index is 10.7. The molecule has 3 aromatic rings. The van der Waals surface area contributed by atoms with Gasteiger partial charge in [0.25, 0.3) is 0 Å². The molecule has 108 valence electrons. The third kappa shape index (κ3) is 2.94. The topological polar surface area (TPSA) is 29.5 Å². The van der Waals surface area contributed by atoms with E-state index in [1.807, 2.05) is 41.8 Å². The van der Waals surface area contributed by atoms with Crippen molar-refractivity contribution in [1.82, 2.24) is 0 Å². The molecule has 3 rings (SSSR count). The van der Waals surface area contributed by atoms with Gasteiger partial charge in [0.15, 0.2) is 0 Å². The average Bonchev–Trinajstić information content (AvgIpc) is 2.96. The lowest BCUT2D eigenvalue weighted by Gasteiger charge is -2.12. The minimum absolute atomic E-state index is 0.619. The SMILES string of the molecule is CCCOc1cccc(C(O)c2csc3ccccc23)c1. The van der Waals surface area contributed by atoms with Crippen LogP contribution in [0.25, 0.3) is 10.1 Å². The second-order valence-corrected chi connectivity index (χ2v) is 5.92. The molecule has 0 fully saturated rings. The van der Waals surface area contributed by atoms with Gasteiger partial charge in [0.1, 0.15) is 11.9 Å². The summed E-state index contributed by atoms with van der Waals surface area (Å²) in [5.74, 6) is 0.813. The third-order valence-corrected chi connectivity index (χ3v) is 4.43. The summed E-state index contributed by atoms with van der Waals surface area (Å²) in [6, 6.07) is 15.9. The molecular formula is C18H18O2S. The Labute approximate surface area is 128 Å². The summed E-state index contributed by atoms with van der Waals surface area (Å²) in [7, 11) is 0. The predicted octanol–water partition coefficient (Wildman–Crippen LogP) is 4.77. The Morgan fingerprint density at radius 1 is 1.14 bits per heavy atom. The zero-order valence-corrected chi connectivity index (χ0v) is 12.8. The van der Waals surface area contributed by atoms with Crippen molar-refractivity contribution in [2.75, 3.05) is 6.61 Å². The van der Waals surface area contributed by atoms with E-state index in [0.717, 1.165) is 28.7 Å². The minimum atomic E-state index is -0.619. The van der Waals surface area contributed by atoms with E-state index in [0.29, 0.717) is 6.61 Å². The van der Waals surface area contributed by atoms with Gasteiger partial charge in [-0.15, -0.1) is 11.3 Å². The zero-order valence-electron chi connectivity index (χ0n) is 12.0. The van der Waals surface area contributed by atoms with Gasteiger partial charge in [0, 0.05) is 10.3 Å². The van der Waals surface area contributed by atoms with Gasteiger partial charge in [-0.25, -0.2) is 0 Å². The molecule has 0 aliphatic rings. The van der Waals surface area contributed by atoms with Crippen LogP contribution in [0.1, 0.15) is 30.6 Å². The Hall–Kier alpha value is -1.84. The summed E-state index contributed by atoms with van der Waals surface area (Å²) >= 11 is 1.66. The zero-order chi connectivity index (χ0) is 14.7. The Morgan fingerprint density at radius 2 is 2.00 bits per heavy atom. The van der Waals surface area contributed by atoms with E-state index in [-0.39, 0.29) is 0 Å². The van der Waals surface area contributed by atoms with Crippen molar-refractivity contribution in [3.05, 3.63) is 65.0 Å². The van der Waals surface area contributed by atoms with Crippen LogP contribution in [-0.2, 0) is 0 Å².